The molecule has 0 spiro atoms. The molecule has 0 aromatic heterocycles. The Morgan fingerprint density at radius 1 is 1.28 bits per heavy atom. The molecule has 0 aliphatic carbocycles. The van der Waals surface area contributed by atoms with Gasteiger partial charge in [-0.05, 0) is 67.7 Å². The van der Waals surface area contributed by atoms with E-state index in [4.69, 9.17) is 4.74 Å². The third kappa shape index (κ3) is 5.17. The molecule has 138 valence electrons. The van der Waals surface area contributed by atoms with Crippen molar-refractivity contribution in [3.05, 3.63) is 28.5 Å². The number of benzene rings is 1. The van der Waals surface area contributed by atoms with E-state index in [2.05, 4.69) is 15.9 Å². The molecule has 0 bridgehead atoms. The van der Waals surface area contributed by atoms with E-state index >= 15 is 0 Å². The Balaban J connectivity index is 1.95. The normalized spacial score (nSPS) is 15.8. The van der Waals surface area contributed by atoms with Crippen molar-refractivity contribution in [1.82, 2.24) is 4.90 Å². The average Bonchev–Trinajstić information content (AvgIpc) is 2.52. The number of carbonyl (C=O) groups is 2. The van der Waals surface area contributed by atoms with Gasteiger partial charge in [0, 0.05) is 30.5 Å². The molecule has 25 heavy (non-hydrogen) atoms. The summed E-state index contributed by atoms with van der Waals surface area (Å²) in [5.74, 6) is -0.557. The first-order valence-electron chi connectivity index (χ1n) is 8.29. The molecule has 2 rings (SSSR count). The van der Waals surface area contributed by atoms with Crippen molar-refractivity contribution in [2.45, 2.75) is 39.2 Å². The minimum Gasteiger partial charge on any atom is -0.444 e. The van der Waals surface area contributed by atoms with Crippen molar-refractivity contribution in [1.29, 1.82) is 0 Å². The summed E-state index contributed by atoms with van der Waals surface area (Å²) in [6.07, 6.45) is 0.829. The molecule has 1 heterocycles. The first-order valence-corrected chi connectivity index (χ1v) is 9.08. The predicted molar refractivity (Wildman–Crippen MR) is 98.0 cm³/mol. The summed E-state index contributed by atoms with van der Waals surface area (Å²) in [5.41, 5.74) is 0.0970. The van der Waals surface area contributed by atoms with Gasteiger partial charge in [-0.3, -0.25) is 4.79 Å². The number of amides is 2. The smallest absolute Gasteiger partial charge is 0.410 e. The number of hydrogen-bond acceptors (Lipinski definition) is 3. The van der Waals surface area contributed by atoms with Crippen molar-refractivity contribution in [2.24, 2.45) is 5.92 Å². The molecule has 0 unspecified atom stereocenters. The molecule has 7 heteroatoms. The predicted octanol–water partition coefficient (Wildman–Crippen LogP) is 4.20. The lowest BCUT2D eigenvalue weighted by molar-refractivity contribution is -0.123. The highest BCUT2D eigenvalue weighted by atomic mass is 79.9. The van der Waals surface area contributed by atoms with Crippen LogP contribution in [0.15, 0.2) is 22.7 Å². The van der Waals surface area contributed by atoms with Gasteiger partial charge in [-0.15, -0.1) is 0 Å². The second kappa shape index (κ2) is 7.72. The van der Waals surface area contributed by atoms with Crippen molar-refractivity contribution >= 4 is 33.6 Å². The van der Waals surface area contributed by atoms with Gasteiger partial charge in [0.25, 0.3) is 0 Å². The molecule has 1 fully saturated rings. The summed E-state index contributed by atoms with van der Waals surface area (Å²) in [4.78, 5) is 28.0. The van der Waals surface area contributed by atoms with Crippen LogP contribution in [0.4, 0.5) is 14.9 Å². The van der Waals surface area contributed by atoms with Gasteiger partial charge in [-0.25, -0.2) is 9.18 Å². The Morgan fingerprint density at radius 2 is 1.88 bits per heavy atom. The Morgan fingerprint density at radius 3 is 2.40 bits per heavy atom. The van der Waals surface area contributed by atoms with Gasteiger partial charge in [-0.1, -0.05) is 0 Å². The summed E-state index contributed by atoms with van der Waals surface area (Å²) in [6.45, 7) is 6.47. The fourth-order valence-corrected chi connectivity index (χ4v) is 3.40. The van der Waals surface area contributed by atoms with E-state index in [0.29, 0.717) is 36.1 Å². The van der Waals surface area contributed by atoms with E-state index in [-0.39, 0.29) is 23.7 Å². The SMILES string of the molecule is CN(C(=O)C1CCN(C(=O)OC(C)(C)C)CC1)c1ccc(F)cc1Br. The van der Waals surface area contributed by atoms with E-state index in [9.17, 15) is 14.0 Å². The van der Waals surface area contributed by atoms with Crippen LogP contribution in [0, 0.1) is 11.7 Å². The quantitative estimate of drug-likeness (QED) is 0.728. The summed E-state index contributed by atoms with van der Waals surface area (Å²) >= 11 is 3.29. The fourth-order valence-electron chi connectivity index (χ4n) is 2.78. The van der Waals surface area contributed by atoms with E-state index in [1.54, 1.807) is 18.0 Å². The lowest BCUT2D eigenvalue weighted by atomic mass is 9.95. The highest BCUT2D eigenvalue weighted by molar-refractivity contribution is 9.10. The van der Waals surface area contributed by atoms with Crippen molar-refractivity contribution in [2.75, 3.05) is 25.0 Å². The number of nitrogens with zero attached hydrogens (tertiary/aromatic N) is 2. The minimum atomic E-state index is -0.529. The van der Waals surface area contributed by atoms with Gasteiger partial charge < -0.3 is 14.5 Å². The number of ether oxygens (including phenoxy) is 1. The number of hydrogen-bond donors (Lipinski definition) is 0. The molecule has 5 nitrogen and oxygen atoms in total. The van der Waals surface area contributed by atoms with Crippen LogP contribution in [0.5, 0.6) is 0 Å². The summed E-state index contributed by atoms with van der Waals surface area (Å²) in [6, 6.07) is 4.24. The largest absolute Gasteiger partial charge is 0.444 e. The van der Waals surface area contributed by atoms with E-state index < -0.39 is 5.60 Å². The molecule has 0 N–H and O–H groups in total. The van der Waals surface area contributed by atoms with E-state index in [1.807, 2.05) is 20.8 Å². The van der Waals surface area contributed by atoms with E-state index in [0.717, 1.165) is 0 Å². The number of likely N-dealkylation sites (tertiary alicyclic amines) is 1. The van der Waals surface area contributed by atoms with E-state index in [1.165, 1.54) is 17.0 Å². The topological polar surface area (TPSA) is 49.9 Å². The van der Waals surface area contributed by atoms with Crippen molar-refractivity contribution < 1.29 is 18.7 Å². The molecule has 1 aromatic rings. The lowest BCUT2D eigenvalue weighted by Crippen LogP contribution is -2.45. The van der Waals surface area contributed by atoms with Gasteiger partial charge in [-0.2, -0.15) is 0 Å². The Kier molecular flexibility index (Phi) is 6.08. The van der Waals surface area contributed by atoms with Crippen LogP contribution in [0.3, 0.4) is 0 Å². The number of piperidine rings is 1. The van der Waals surface area contributed by atoms with Crippen LogP contribution in [0.1, 0.15) is 33.6 Å². The van der Waals surface area contributed by atoms with Crippen LogP contribution in [-0.4, -0.2) is 42.6 Å². The van der Waals surface area contributed by atoms with Crippen molar-refractivity contribution in [3.63, 3.8) is 0 Å². The van der Waals surface area contributed by atoms with Gasteiger partial charge in [0.05, 0.1) is 5.69 Å². The zero-order chi connectivity index (χ0) is 18.8. The molecule has 1 aliphatic rings. The Bertz CT molecular complexity index is 652. The molecule has 1 saturated heterocycles. The zero-order valence-corrected chi connectivity index (χ0v) is 16.6. The minimum absolute atomic E-state index is 0.0313. The zero-order valence-electron chi connectivity index (χ0n) is 15.0. The van der Waals surface area contributed by atoms with Gasteiger partial charge in [0.2, 0.25) is 5.91 Å². The summed E-state index contributed by atoms with van der Waals surface area (Å²) < 4.78 is 19.1. The first-order chi connectivity index (χ1) is 11.6. The standard InChI is InChI=1S/C18H24BrFN2O3/c1-18(2,3)25-17(24)22-9-7-12(8-10-22)16(23)21(4)15-6-5-13(20)11-14(15)19/h5-6,11-12H,7-10H2,1-4H3. The third-order valence-electron chi connectivity index (χ3n) is 4.10. The number of rotatable bonds is 2. The highest BCUT2D eigenvalue weighted by Gasteiger charge is 2.31. The fraction of sp³-hybridized carbons (Fsp3) is 0.556. The van der Waals surface area contributed by atoms with Crippen LogP contribution >= 0.6 is 15.9 Å². The van der Waals surface area contributed by atoms with Crippen molar-refractivity contribution in [3.8, 4) is 0 Å². The molecule has 0 radical (unpaired) electrons. The van der Waals surface area contributed by atoms with Crippen LogP contribution in [0.2, 0.25) is 0 Å². The summed E-state index contributed by atoms with van der Waals surface area (Å²) in [5, 5.41) is 0. The number of anilines is 1. The Labute approximate surface area is 156 Å². The Hall–Kier alpha value is -1.63. The first kappa shape index (κ1) is 19.7. The van der Waals surface area contributed by atoms with Gasteiger partial charge in [0.15, 0.2) is 0 Å². The molecule has 0 saturated carbocycles. The molecular formula is C18H24BrFN2O3. The average molecular weight is 415 g/mol. The maximum Gasteiger partial charge on any atom is 0.410 e. The van der Waals surface area contributed by atoms with Gasteiger partial charge in [0.1, 0.15) is 11.4 Å². The monoisotopic (exact) mass is 414 g/mol. The lowest BCUT2D eigenvalue weighted by Gasteiger charge is -2.34. The van der Waals surface area contributed by atoms with Crippen LogP contribution in [0.25, 0.3) is 0 Å². The molecule has 0 atom stereocenters. The molecule has 1 aliphatic heterocycles. The number of carbonyl (C=O) groups excluding carboxylic acids is 2. The second-order valence-electron chi connectivity index (χ2n) is 7.23. The van der Waals surface area contributed by atoms with Crippen LogP contribution < -0.4 is 4.90 Å². The molecular weight excluding hydrogens is 391 g/mol. The maximum atomic E-state index is 13.2. The number of halogens is 2. The molecule has 2 amide bonds. The van der Waals surface area contributed by atoms with Gasteiger partial charge >= 0.3 is 6.09 Å². The highest BCUT2D eigenvalue weighted by Crippen LogP contribution is 2.29. The maximum absolute atomic E-state index is 13.2. The third-order valence-corrected chi connectivity index (χ3v) is 4.73. The summed E-state index contributed by atoms with van der Waals surface area (Å²) in [7, 11) is 1.68. The second-order valence-corrected chi connectivity index (χ2v) is 8.09. The van der Waals surface area contributed by atoms with Crippen LogP contribution in [-0.2, 0) is 9.53 Å². The molecule has 1 aromatic carbocycles.